The Kier molecular flexibility index (Phi) is 10.1. The molecule has 2 aliphatic carbocycles. The zero-order valence-electron chi connectivity index (χ0n) is 27.4. The van der Waals surface area contributed by atoms with Gasteiger partial charge in [0.25, 0.3) is 0 Å². The van der Waals surface area contributed by atoms with Crippen LogP contribution in [0.15, 0.2) is 66.9 Å². The molecule has 1 aromatic heterocycles. The van der Waals surface area contributed by atoms with Gasteiger partial charge in [-0.05, 0) is 102 Å². The molecule has 3 aromatic carbocycles. The fourth-order valence-electron chi connectivity index (χ4n) is 6.58. The molecule has 7 rings (SSSR count). The van der Waals surface area contributed by atoms with E-state index >= 15 is 0 Å². The van der Waals surface area contributed by atoms with E-state index in [0.717, 1.165) is 92.3 Å². The minimum absolute atomic E-state index is 0.211. The fraction of sp³-hybridized carbons (Fsp3) is 0.474. The van der Waals surface area contributed by atoms with E-state index in [1.165, 1.54) is 47.9 Å². The highest BCUT2D eigenvalue weighted by atomic mass is 16.5. The van der Waals surface area contributed by atoms with Crippen LogP contribution >= 0.6 is 0 Å². The Bertz CT molecular complexity index is 1580. The van der Waals surface area contributed by atoms with Crippen molar-refractivity contribution in [2.75, 3.05) is 39.4 Å². The van der Waals surface area contributed by atoms with Crippen LogP contribution in [0.25, 0.3) is 22.3 Å². The number of benzene rings is 3. The lowest BCUT2D eigenvalue weighted by Gasteiger charge is -2.32. The maximum atomic E-state index is 6.53. The zero-order valence-corrected chi connectivity index (χ0v) is 27.4. The smallest absolute Gasteiger partial charge is 0.130 e. The number of aromatic nitrogens is 3. The summed E-state index contributed by atoms with van der Waals surface area (Å²) >= 11 is 0. The number of nitrogens with one attached hydrogen (secondary N) is 1. The van der Waals surface area contributed by atoms with Crippen LogP contribution in [-0.2, 0) is 26.1 Å². The largest absolute Gasteiger partial charge is 0.493 e. The van der Waals surface area contributed by atoms with Crippen molar-refractivity contribution in [2.24, 2.45) is 23.3 Å². The van der Waals surface area contributed by atoms with E-state index in [1.807, 2.05) is 10.9 Å². The van der Waals surface area contributed by atoms with Gasteiger partial charge in [-0.3, -0.25) is 9.58 Å². The Balaban J connectivity index is 1.08. The highest BCUT2D eigenvalue weighted by Crippen LogP contribution is 2.41. The summed E-state index contributed by atoms with van der Waals surface area (Å²) in [5.41, 5.74) is 19.5. The number of ether oxygens (including phenoxy) is 2. The van der Waals surface area contributed by atoms with Crippen molar-refractivity contribution in [2.45, 2.75) is 64.2 Å². The molecule has 5 N–H and O–H groups in total. The van der Waals surface area contributed by atoms with Crippen LogP contribution in [0.3, 0.4) is 0 Å². The van der Waals surface area contributed by atoms with Crippen LogP contribution in [0.1, 0.15) is 48.9 Å². The lowest BCUT2D eigenvalue weighted by atomic mass is 9.92. The first kappa shape index (κ1) is 31.8. The number of aryl methyl sites for hydroxylation is 1. The van der Waals surface area contributed by atoms with Crippen LogP contribution in [-0.4, -0.2) is 65.3 Å². The van der Waals surface area contributed by atoms with E-state index in [1.54, 1.807) is 0 Å². The Labute approximate surface area is 278 Å². The first-order valence-electron chi connectivity index (χ1n) is 17.5. The van der Waals surface area contributed by atoms with Gasteiger partial charge in [0.2, 0.25) is 0 Å². The normalized spacial score (nSPS) is 16.6. The second-order valence-electron chi connectivity index (χ2n) is 13.6. The van der Waals surface area contributed by atoms with E-state index in [9.17, 15) is 0 Å². The number of nitrogens with zero attached hydrogens (tertiary/aromatic N) is 4. The molecule has 4 aromatic rings. The van der Waals surface area contributed by atoms with Gasteiger partial charge >= 0.3 is 0 Å². The van der Waals surface area contributed by atoms with Gasteiger partial charge in [0, 0.05) is 51.0 Å². The molecule has 2 fully saturated rings. The first-order valence-corrected chi connectivity index (χ1v) is 17.5. The van der Waals surface area contributed by atoms with E-state index < -0.39 is 0 Å². The van der Waals surface area contributed by atoms with Gasteiger partial charge in [0.1, 0.15) is 18.1 Å². The minimum atomic E-state index is 0.211. The SMILES string of the molecule is NCCNCc1ccc(-c2cc3c(c(-c4ccc(OCC(Cn5cc(CN)nn5)N(CC5CC5)CC5CC5)cc4)c2)OCCC3)cc1. The Morgan fingerprint density at radius 2 is 1.68 bits per heavy atom. The third-order valence-electron chi connectivity index (χ3n) is 9.64. The van der Waals surface area contributed by atoms with Gasteiger partial charge in [-0.15, -0.1) is 5.10 Å². The minimum Gasteiger partial charge on any atom is -0.493 e. The van der Waals surface area contributed by atoms with E-state index in [4.69, 9.17) is 20.9 Å². The molecule has 0 amide bonds. The Hall–Kier alpha value is -3.76. The lowest BCUT2D eigenvalue weighted by molar-refractivity contribution is 0.108. The standard InChI is InChI=1S/C38H49N7O2/c39-15-16-41-21-27-7-9-30(10-8-27)33-18-32-2-1-17-46-38(32)37(19-33)31-11-13-36(14-12-31)47-26-35(25-45-24-34(20-40)42-43-45)44(22-28-3-4-28)23-29-5-6-29/h7-14,18-19,24,28-29,35,41H,1-6,15-17,20-23,25-26,39-40H2. The predicted molar refractivity (Wildman–Crippen MR) is 186 cm³/mol. The van der Waals surface area contributed by atoms with E-state index in [-0.39, 0.29) is 6.04 Å². The first-order chi connectivity index (χ1) is 23.1. The molecule has 0 bridgehead atoms. The molecule has 248 valence electrons. The molecule has 1 atom stereocenters. The van der Waals surface area contributed by atoms with Crippen LogP contribution in [0.4, 0.5) is 0 Å². The molecule has 1 aliphatic heterocycles. The molecular weight excluding hydrogens is 586 g/mol. The summed E-state index contributed by atoms with van der Waals surface area (Å²) in [7, 11) is 0. The summed E-state index contributed by atoms with van der Waals surface area (Å²) in [6.07, 6.45) is 9.38. The summed E-state index contributed by atoms with van der Waals surface area (Å²) in [5, 5.41) is 12.0. The number of fused-ring (bicyclic) bond motifs is 1. The van der Waals surface area contributed by atoms with Crippen LogP contribution in [0.2, 0.25) is 0 Å². The fourth-order valence-corrected chi connectivity index (χ4v) is 6.58. The lowest BCUT2D eigenvalue weighted by Crippen LogP contribution is -2.44. The summed E-state index contributed by atoms with van der Waals surface area (Å²) in [4.78, 5) is 2.66. The third kappa shape index (κ3) is 8.40. The number of nitrogens with two attached hydrogens (primary N) is 2. The molecule has 3 aliphatic rings. The van der Waals surface area contributed by atoms with E-state index in [2.05, 4.69) is 81.2 Å². The summed E-state index contributed by atoms with van der Waals surface area (Å²) in [6, 6.07) is 22.2. The van der Waals surface area contributed by atoms with Crippen molar-refractivity contribution < 1.29 is 9.47 Å². The topological polar surface area (TPSA) is 116 Å². The van der Waals surface area contributed by atoms with Crippen LogP contribution in [0, 0.1) is 11.8 Å². The van der Waals surface area contributed by atoms with Gasteiger partial charge in [-0.2, -0.15) is 0 Å². The maximum Gasteiger partial charge on any atom is 0.130 e. The van der Waals surface area contributed by atoms with Crippen molar-refractivity contribution in [3.63, 3.8) is 0 Å². The molecule has 2 saturated carbocycles. The van der Waals surface area contributed by atoms with Crippen molar-refractivity contribution in [1.29, 1.82) is 0 Å². The molecule has 9 heteroatoms. The molecule has 9 nitrogen and oxygen atoms in total. The molecule has 0 spiro atoms. The van der Waals surface area contributed by atoms with Crippen LogP contribution < -0.4 is 26.3 Å². The molecule has 2 heterocycles. The number of hydrogen-bond donors (Lipinski definition) is 3. The van der Waals surface area contributed by atoms with Crippen molar-refractivity contribution in [3.8, 4) is 33.8 Å². The Morgan fingerprint density at radius 1 is 0.936 bits per heavy atom. The molecule has 0 saturated heterocycles. The molecular formula is C38H49N7O2. The summed E-state index contributed by atoms with van der Waals surface area (Å²) < 4.78 is 14.7. The zero-order chi connectivity index (χ0) is 32.0. The average molecular weight is 636 g/mol. The Morgan fingerprint density at radius 3 is 2.36 bits per heavy atom. The molecule has 47 heavy (non-hydrogen) atoms. The summed E-state index contributed by atoms with van der Waals surface area (Å²) in [5.74, 6) is 3.51. The van der Waals surface area contributed by atoms with Gasteiger partial charge < -0.3 is 26.3 Å². The number of rotatable bonds is 17. The van der Waals surface area contributed by atoms with Gasteiger partial charge in [-0.1, -0.05) is 41.6 Å². The third-order valence-corrected chi connectivity index (χ3v) is 9.64. The van der Waals surface area contributed by atoms with Gasteiger partial charge in [0.05, 0.1) is 24.9 Å². The highest BCUT2D eigenvalue weighted by molar-refractivity contribution is 5.80. The maximum absolute atomic E-state index is 6.53. The van der Waals surface area contributed by atoms with Gasteiger partial charge in [0.15, 0.2) is 0 Å². The van der Waals surface area contributed by atoms with Crippen molar-refractivity contribution >= 4 is 0 Å². The highest BCUT2D eigenvalue weighted by Gasteiger charge is 2.33. The second kappa shape index (κ2) is 15.0. The average Bonchev–Trinajstić information content (AvgIpc) is 4.06. The molecule has 0 radical (unpaired) electrons. The van der Waals surface area contributed by atoms with Crippen molar-refractivity contribution in [1.82, 2.24) is 25.2 Å². The summed E-state index contributed by atoms with van der Waals surface area (Å²) in [6.45, 7) is 7.05. The second-order valence-corrected chi connectivity index (χ2v) is 13.6. The molecule has 1 unspecified atom stereocenters. The van der Waals surface area contributed by atoms with Gasteiger partial charge in [-0.25, -0.2) is 0 Å². The van der Waals surface area contributed by atoms with Crippen LogP contribution in [0.5, 0.6) is 11.5 Å². The quantitative estimate of drug-likeness (QED) is 0.139. The predicted octanol–water partition coefficient (Wildman–Crippen LogP) is 5.01. The van der Waals surface area contributed by atoms with E-state index in [0.29, 0.717) is 19.7 Å². The van der Waals surface area contributed by atoms with Crippen molar-refractivity contribution in [3.05, 3.63) is 83.7 Å². The monoisotopic (exact) mass is 635 g/mol. The number of hydrogen-bond acceptors (Lipinski definition) is 8.